The first-order valence-electron chi connectivity index (χ1n) is 4.95. The molecule has 0 saturated carbocycles. The summed E-state index contributed by atoms with van der Waals surface area (Å²) in [4.78, 5) is 40.0. The Bertz CT molecular complexity index is 509. The van der Waals surface area contributed by atoms with Crippen LogP contribution in [0.1, 0.15) is 20.7 Å². The van der Waals surface area contributed by atoms with Gasteiger partial charge in [-0.2, -0.15) is 0 Å². The number of carboxylic acid groups (broad SMARTS) is 4. The molecule has 0 saturated heterocycles. The molecule has 0 heterocycles. The predicted molar refractivity (Wildman–Crippen MR) is 64.8 cm³/mol. The van der Waals surface area contributed by atoms with E-state index in [1.54, 1.807) is 0 Å². The fourth-order valence-corrected chi connectivity index (χ4v) is 0.999. The van der Waals surface area contributed by atoms with E-state index in [1.165, 1.54) is 24.3 Å². The van der Waals surface area contributed by atoms with Crippen molar-refractivity contribution >= 4 is 23.9 Å². The molecule has 0 fully saturated rings. The highest BCUT2D eigenvalue weighted by atomic mass is 16.4. The van der Waals surface area contributed by atoms with Gasteiger partial charge in [-0.25, -0.2) is 19.2 Å². The lowest BCUT2D eigenvalue weighted by molar-refractivity contribution is -0.134. The van der Waals surface area contributed by atoms with Crippen molar-refractivity contribution < 1.29 is 39.6 Å². The van der Waals surface area contributed by atoms with E-state index in [9.17, 15) is 19.2 Å². The second-order valence-electron chi connectivity index (χ2n) is 3.17. The molecule has 0 radical (unpaired) electrons. The lowest BCUT2D eigenvalue weighted by Gasteiger charge is -1.98. The Morgan fingerprint density at radius 2 is 1.00 bits per heavy atom. The van der Waals surface area contributed by atoms with Gasteiger partial charge in [-0.15, -0.1) is 0 Å². The van der Waals surface area contributed by atoms with Gasteiger partial charge in [-0.1, -0.05) is 12.1 Å². The van der Waals surface area contributed by atoms with E-state index in [4.69, 9.17) is 20.4 Å². The number of aromatic carboxylic acids is 2. The molecule has 0 amide bonds. The first-order valence-corrected chi connectivity index (χ1v) is 4.95. The van der Waals surface area contributed by atoms with Crippen LogP contribution >= 0.6 is 0 Å². The first-order chi connectivity index (χ1) is 9.25. The Labute approximate surface area is 112 Å². The quantitative estimate of drug-likeness (QED) is 0.592. The predicted octanol–water partition coefficient (Wildman–Crippen LogP) is 0.795. The highest BCUT2D eigenvalue weighted by molar-refractivity contribution is 6.01. The average Bonchev–Trinajstić information content (AvgIpc) is 2.37. The lowest BCUT2D eigenvalue weighted by Crippen LogP contribution is -2.06. The summed E-state index contributed by atoms with van der Waals surface area (Å²) in [5, 5.41) is 32.7. The summed E-state index contributed by atoms with van der Waals surface area (Å²) in [7, 11) is 0. The van der Waals surface area contributed by atoms with Crippen molar-refractivity contribution in [1.82, 2.24) is 0 Å². The van der Waals surface area contributed by atoms with Crippen molar-refractivity contribution in [2.24, 2.45) is 0 Å². The van der Waals surface area contributed by atoms with Gasteiger partial charge >= 0.3 is 23.9 Å². The van der Waals surface area contributed by atoms with E-state index < -0.39 is 23.9 Å². The molecule has 0 spiro atoms. The highest BCUT2D eigenvalue weighted by Crippen LogP contribution is 2.07. The minimum absolute atomic E-state index is 0.190. The lowest BCUT2D eigenvalue weighted by atomic mass is 10.1. The van der Waals surface area contributed by atoms with Gasteiger partial charge in [0.1, 0.15) is 0 Å². The van der Waals surface area contributed by atoms with E-state index in [0.717, 1.165) is 0 Å². The zero-order chi connectivity index (χ0) is 15.7. The fraction of sp³-hybridized carbons (Fsp3) is 0. The third-order valence-electron chi connectivity index (χ3n) is 1.76. The number of rotatable bonds is 4. The molecule has 20 heavy (non-hydrogen) atoms. The molecular formula is C12H10O8. The van der Waals surface area contributed by atoms with Gasteiger partial charge in [0.15, 0.2) is 0 Å². The van der Waals surface area contributed by atoms with Crippen LogP contribution in [0.15, 0.2) is 36.4 Å². The zero-order valence-electron chi connectivity index (χ0n) is 9.89. The standard InChI is InChI=1S/C8H6O4.C4H4O4/c9-7(10)5-3-1-2-4-6(5)8(11)12;5-3(6)1-2-4(7)8/h1-4H,(H,9,10)(H,11,12);1-2H,(H,5,6)(H,7,8). The van der Waals surface area contributed by atoms with Crippen molar-refractivity contribution in [3.05, 3.63) is 47.5 Å². The third-order valence-corrected chi connectivity index (χ3v) is 1.76. The van der Waals surface area contributed by atoms with Crippen LogP contribution in [-0.4, -0.2) is 44.3 Å². The SMILES string of the molecule is O=C(O)C=CC(=O)O.O=C(O)c1ccccc1C(=O)O. The Morgan fingerprint density at radius 1 is 0.700 bits per heavy atom. The van der Waals surface area contributed by atoms with Gasteiger partial charge < -0.3 is 20.4 Å². The highest BCUT2D eigenvalue weighted by Gasteiger charge is 2.13. The van der Waals surface area contributed by atoms with E-state index in [2.05, 4.69) is 0 Å². The van der Waals surface area contributed by atoms with Crippen LogP contribution in [-0.2, 0) is 9.59 Å². The number of hydrogen-bond acceptors (Lipinski definition) is 4. The third kappa shape index (κ3) is 6.55. The van der Waals surface area contributed by atoms with Gasteiger partial charge in [-0.3, -0.25) is 0 Å². The van der Waals surface area contributed by atoms with E-state index in [-0.39, 0.29) is 11.1 Å². The van der Waals surface area contributed by atoms with Crippen LogP contribution in [0.25, 0.3) is 0 Å². The van der Waals surface area contributed by atoms with Crippen LogP contribution in [0.5, 0.6) is 0 Å². The normalized spacial score (nSPS) is 9.40. The minimum atomic E-state index is -1.26. The molecule has 1 aromatic carbocycles. The number of carboxylic acids is 4. The maximum Gasteiger partial charge on any atom is 0.336 e. The molecule has 0 unspecified atom stereocenters. The number of hydrogen-bond donors (Lipinski definition) is 4. The molecule has 1 rings (SSSR count). The first kappa shape index (κ1) is 16.8. The van der Waals surface area contributed by atoms with Crippen molar-refractivity contribution in [3.63, 3.8) is 0 Å². The molecule has 0 aliphatic heterocycles. The Balaban J connectivity index is 0.000000396. The number of aliphatic carboxylic acids is 2. The average molecular weight is 282 g/mol. The topological polar surface area (TPSA) is 149 Å². The van der Waals surface area contributed by atoms with Crippen molar-refractivity contribution in [2.45, 2.75) is 0 Å². The molecule has 106 valence electrons. The smallest absolute Gasteiger partial charge is 0.336 e. The summed E-state index contributed by atoms with van der Waals surface area (Å²) in [6.45, 7) is 0. The maximum atomic E-state index is 10.5. The molecule has 8 nitrogen and oxygen atoms in total. The summed E-state index contributed by atoms with van der Waals surface area (Å²) in [6, 6.07) is 5.48. The van der Waals surface area contributed by atoms with Crippen LogP contribution in [0.4, 0.5) is 0 Å². The second kappa shape index (κ2) is 8.03. The van der Waals surface area contributed by atoms with Gasteiger partial charge in [-0.05, 0) is 12.1 Å². The molecule has 0 atom stereocenters. The molecule has 0 bridgehead atoms. The van der Waals surface area contributed by atoms with Crippen LogP contribution in [0.2, 0.25) is 0 Å². The van der Waals surface area contributed by atoms with Gasteiger partial charge in [0, 0.05) is 12.2 Å². The Hall–Kier alpha value is -3.16. The van der Waals surface area contributed by atoms with E-state index in [1.807, 2.05) is 0 Å². The molecule has 0 aliphatic rings. The molecule has 0 aliphatic carbocycles. The molecule has 8 heteroatoms. The Kier molecular flexibility index (Phi) is 6.76. The summed E-state index contributed by atoms with van der Waals surface area (Å²) in [5.41, 5.74) is -0.380. The van der Waals surface area contributed by atoms with E-state index in [0.29, 0.717) is 12.2 Å². The van der Waals surface area contributed by atoms with Crippen molar-refractivity contribution in [3.8, 4) is 0 Å². The summed E-state index contributed by atoms with van der Waals surface area (Å²) in [6.07, 6.45) is 1.12. The fourth-order valence-electron chi connectivity index (χ4n) is 0.999. The van der Waals surface area contributed by atoms with Gasteiger partial charge in [0.25, 0.3) is 0 Å². The number of carbonyl (C=O) groups is 4. The Morgan fingerprint density at radius 3 is 1.20 bits per heavy atom. The molecular weight excluding hydrogens is 272 g/mol. The summed E-state index contributed by atoms with van der Waals surface area (Å²) < 4.78 is 0. The monoisotopic (exact) mass is 282 g/mol. The van der Waals surface area contributed by atoms with Gasteiger partial charge in [0.2, 0.25) is 0 Å². The summed E-state index contributed by atoms with van der Waals surface area (Å²) >= 11 is 0. The van der Waals surface area contributed by atoms with Crippen LogP contribution in [0.3, 0.4) is 0 Å². The largest absolute Gasteiger partial charge is 0.478 e. The minimum Gasteiger partial charge on any atom is -0.478 e. The number of benzene rings is 1. The van der Waals surface area contributed by atoms with Crippen LogP contribution in [0, 0.1) is 0 Å². The van der Waals surface area contributed by atoms with E-state index >= 15 is 0 Å². The van der Waals surface area contributed by atoms with Crippen molar-refractivity contribution in [2.75, 3.05) is 0 Å². The molecule has 1 aromatic rings. The zero-order valence-corrected chi connectivity index (χ0v) is 9.89. The van der Waals surface area contributed by atoms with Crippen LogP contribution < -0.4 is 0 Å². The van der Waals surface area contributed by atoms with Gasteiger partial charge in [0.05, 0.1) is 11.1 Å². The van der Waals surface area contributed by atoms with Crippen molar-refractivity contribution in [1.29, 1.82) is 0 Å². The maximum absolute atomic E-state index is 10.5. The molecule has 4 N–H and O–H groups in total. The summed E-state index contributed by atoms with van der Waals surface area (Å²) in [5.74, 6) is -4.97. The second-order valence-corrected chi connectivity index (χ2v) is 3.17. The molecule has 0 aromatic heterocycles.